The van der Waals surface area contributed by atoms with E-state index in [1.807, 2.05) is 53.4 Å². The molecule has 0 N–H and O–H groups in total. The van der Waals surface area contributed by atoms with E-state index in [1.54, 1.807) is 7.11 Å². The van der Waals surface area contributed by atoms with Gasteiger partial charge in [0.05, 0.1) is 26.2 Å². The lowest BCUT2D eigenvalue weighted by Crippen LogP contribution is -2.31. The highest BCUT2D eigenvalue weighted by Gasteiger charge is 2.29. The number of ether oxygens (including phenoxy) is 2. The maximum atomic E-state index is 12.6. The first-order chi connectivity index (χ1) is 11.8. The molecular weight excluding hydrogens is 302 g/mol. The number of para-hydroxylation sites is 1. The highest BCUT2D eigenvalue weighted by atomic mass is 16.5. The predicted octanol–water partition coefficient (Wildman–Crippen LogP) is 3.83. The van der Waals surface area contributed by atoms with Gasteiger partial charge >= 0.3 is 0 Å². The summed E-state index contributed by atoms with van der Waals surface area (Å²) in [5.74, 6) is 1.78. The summed E-state index contributed by atoms with van der Waals surface area (Å²) in [6, 6.07) is 17.7. The van der Waals surface area contributed by atoms with Gasteiger partial charge in [-0.3, -0.25) is 4.79 Å². The van der Waals surface area contributed by atoms with Gasteiger partial charge in [-0.2, -0.15) is 0 Å². The zero-order chi connectivity index (χ0) is 16.8. The Morgan fingerprint density at radius 3 is 2.71 bits per heavy atom. The summed E-state index contributed by atoms with van der Waals surface area (Å²) in [6.45, 7) is 1.22. The Bertz CT molecular complexity index is 672. The van der Waals surface area contributed by atoms with Crippen LogP contribution in [0.25, 0.3) is 0 Å². The van der Waals surface area contributed by atoms with Gasteiger partial charge < -0.3 is 14.4 Å². The van der Waals surface area contributed by atoms with E-state index in [1.165, 1.54) is 0 Å². The predicted molar refractivity (Wildman–Crippen MR) is 93.2 cm³/mol. The molecule has 2 aromatic carbocycles. The number of hydrogen-bond donors (Lipinski definition) is 0. The molecule has 0 spiro atoms. The Hall–Kier alpha value is -2.49. The second-order valence-corrected chi connectivity index (χ2v) is 5.93. The maximum absolute atomic E-state index is 12.6. The molecule has 1 saturated heterocycles. The summed E-state index contributed by atoms with van der Waals surface area (Å²) >= 11 is 0. The lowest BCUT2D eigenvalue weighted by Gasteiger charge is -2.25. The molecule has 1 aliphatic heterocycles. The van der Waals surface area contributed by atoms with Crippen molar-refractivity contribution < 1.29 is 14.3 Å². The fraction of sp³-hybridized carbons (Fsp3) is 0.350. The molecule has 0 aliphatic carbocycles. The van der Waals surface area contributed by atoms with Crippen LogP contribution in [-0.2, 0) is 4.79 Å². The number of methoxy groups -OCH3 is 1. The Labute approximate surface area is 143 Å². The Kier molecular flexibility index (Phi) is 5.36. The van der Waals surface area contributed by atoms with Crippen LogP contribution in [0, 0.1) is 0 Å². The highest BCUT2D eigenvalue weighted by Crippen LogP contribution is 2.33. The van der Waals surface area contributed by atoms with Gasteiger partial charge in [-0.1, -0.05) is 30.3 Å². The lowest BCUT2D eigenvalue weighted by molar-refractivity contribution is -0.132. The third kappa shape index (κ3) is 3.88. The molecule has 1 heterocycles. The third-order valence-electron chi connectivity index (χ3n) is 4.38. The van der Waals surface area contributed by atoms with Gasteiger partial charge in [-0.05, 0) is 42.7 Å². The Morgan fingerprint density at radius 2 is 1.92 bits per heavy atom. The SMILES string of the molecule is COc1cccc(C2CCCN2C(=O)CCOc2ccccc2)c1. The van der Waals surface area contributed by atoms with Gasteiger partial charge in [0.15, 0.2) is 0 Å². The maximum Gasteiger partial charge on any atom is 0.226 e. The number of nitrogens with zero attached hydrogens (tertiary/aromatic N) is 1. The molecule has 1 fully saturated rings. The first kappa shape index (κ1) is 16.4. The fourth-order valence-electron chi connectivity index (χ4n) is 3.18. The Morgan fingerprint density at radius 1 is 1.12 bits per heavy atom. The molecule has 126 valence electrons. The van der Waals surface area contributed by atoms with Crippen LogP contribution in [0.2, 0.25) is 0 Å². The van der Waals surface area contributed by atoms with Crippen molar-refractivity contribution in [3.63, 3.8) is 0 Å². The van der Waals surface area contributed by atoms with Crippen LogP contribution in [0.3, 0.4) is 0 Å². The molecule has 0 radical (unpaired) electrons. The molecule has 3 rings (SSSR count). The standard InChI is InChI=1S/C20H23NO3/c1-23-18-10-5-7-16(15-18)19-11-6-13-21(19)20(22)12-14-24-17-8-3-2-4-9-17/h2-5,7-10,15,19H,6,11-14H2,1H3. The summed E-state index contributed by atoms with van der Waals surface area (Å²) in [5.41, 5.74) is 1.14. The molecule has 24 heavy (non-hydrogen) atoms. The largest absolute Gasteiger partial charge is 0.497 e. The number of likely N-dealkylation sites (tertiary alicyclic amines) is 1. The summed E-state index contributed by atoms with van der Waals surface area (Å²) in [6.07, 6.45) is 2.43. The summed E-state index contributed by atoms with van der Waals surface area (Å²) < 4.78 is 10.9. The van der Waals surface area contributed by atoms with Crippen molar-refractivity contribution in [3.8, 4) is 11.5 Å². The van der Waals surface area contributed by atoms with Gasteiger partial charge in [-0.25, -0.2) is 0 Å². The molecule has 0 saturated carbocycles. The van der Waals surface area contributed by atoms with Gasteiger partial charge in [-0.15, -0.1) is 0 Å². The molecule has 1 amide bonds. The van der Waals surface area contributed by atoms with E-state index in [4.69, 9.17) is 9.47 Å². The van der Waals surface area contributed by atoms with Crippen LogP contribution in [0.1, 0.15) is 30.9 Å². The number of amides is 1. The number of carbonyl (C=O) groups excluding carboxylic acids is 1. The molecule has 4 nitrogen and oxygen atoms in total. The van der Waals surface area contributed by atoms with Crippen molar-refractivity contribution in [2.45, 2.75) is 25.3 Å². The van der Waals surface area contributed by atoms with E-state index in [0.29, 0.717) is 13.0 Å². The molecule has 1 atom stereocenters. The first-order valence-electron chi connectivity index (χ1n) is 8.39. The van der Waals surface area contributed by atoms with Crippen LogP contribution in [0.5, 0.6) is 11.5 Å². The van der Waals surface area contributed by atoms with Crippen molar-refractivity contribution in [1.29, 1.82) is 0 Å². The number of hydrogen-bond acceptors (Lipinski definition) is 3. The van der Waals surface area contributed by atoms with Crippen LogP contribution in [-0.4, -0.2) is 31.1 Å². The van der Waals surface area contributed by atoms with Crippen molar-refractivity contribution in [2.75, 3.05) is 20.3 Å². The number of rotatable bonds is 6. The molecule has 1 unspecified atom stereocenters. The van der Waals surface area contributed by atoms with Gasteiger partial charge in [0.1, 0.15) is 11.5 Å². The van der Waals surface area contributed by atoms with E-state index in [-0.39, 0.29) is 11.9 Å². The first-order valence-corrected chi connectivity index (χ1v) is 8.39. The topological polar surface area (TPSA) is 38.8 Å². The smallest absolute Gasteiger partial charge is 0.226 e. The van der Waals surface area contributed by atoms with Crippen molar-refractivity contribution >= 4 is 5.91 Å². The molecule has 1 aliphatic rings. The van der Waals surface area contributed by atoms with E-state index in [2.05, 4.69) is 6.07 Å². The average molecular weight is 325 g/mol. The minimum atomic E-state index is 0.143. The van der Waals surface area contributed by atoms with E-state index < -0.39 is 0 Å². The van der Waals surface area contributed by atoms with Crippen molar-refractivity contribution in [3.05, 3.63) is 60.2 Å². The second kappa shape index (κ2) is 7.86. The quantitative estimate of drug-likeness (QED) is 0.810. The van der Waals surface area contributed by atoms with Gasteiger partial charge in [0.25, 0.3) is 0 Å². The van der Waals surface area contributed by atoms with E-state index in [9.17, 15) is 4.79 Å². The highest BCUT2D eigenvalue weighted by molar-refractivity contribution is 5.77. The molecule has 2 aromatic rings. The minimum Gasteiger partial charge on any atom is -0.497 e. The molecule has 4 heteroatoms. The number of benzene rings is 2. The third-order valence-corrected chi connectivity index (χ3v) is 4.38. The summed E-state index contributed by atoms with van der Waals surface area (Å²) in [7, 11) is 1.66. The molecule has 0 bridgehead atoms. The monoisotopic (exact) mass is 325 g/mol. The summed E-state index contributed by atoms with van der Waals surface area (Å²) in [5, 5.41) is 0. The van der Waals surface area contributed by atoms with Gasteiger partial charge in [0, 0.05) is 6.54 Å². The van der Waals surface area contributed by atoms with E-state index in [0.717, 1.165) is 36.4 Å². The minimum absolute atomic E-state index is 0.143. The zero-order valence-electron chi connectivity index (χ0n) is 14.0. The second-order valence-electron chi connectivity index (χ2n) is 5.93. The van der Waals surface area contributed by atoms with Crippen molar-refractivity contribution in [1.82, 2.24) is 4.90 Å². The van der Waals surface area contributed by atoms with Crippen molar-refractivity contribution in [2.24, 2.45) is 0 Å². The van der Waals surface area contributed by atoms with E-state index >= 15 is 0 Å². The lowest BCUT2D eigenvalue weighted by atomic mass is 10.0. The normalized spacial score (nSPS) is 16.9. The molecule has 0 aromatic heterocycles. The van der Waals surface area contributed by atoms with Gasteiger partial charge in [0.2, 0.25) is 5.91 Å². The average Bonchev–Trinajstić information content (AvgIpc) is 3.12. The molecular formula is C20H23NO3. The van der Waals surface area contributed by atoms with Crippen LogP contribution < -0.4 is 9.47 Å². The fourth-order valence-corrected chi connectivity index (χ4v) is 3.18. The van der Waals surface area contributed by atoms with Crippen LogP contribution in [0.4, 0.5) is 0 Å². The zero-order valence-corrected chi connectivity index (χ0v) is 14.0. The van der Waals surface area contributed by atoms with Crippen LogP contribution in [0.15, 0.2) is 54.6 Å². The van der Waals surface area contributed by atoms with Crippen LogP contribution >= 0.6 is 0 Å². The summed E-state index contributed by atoms with van der Waals surface area (Å²) in [4.78, 5) is 14.6. The Balaban J connectivity index is 1.59. The number of carbonyl (C=O) groups is 1.